The summed E-state index contributed by atoms with van der Waals surface area (Å²) in [4.78, 5) is 30.7. The minimum atomic E-state index is -1.06. The van der Waals surface area contributed by atoms with E-state index in [1.807, 2.05) is 0 Å². The van der Waals surface area contributed by atoms with Crippen molar-refractivity contribution in [3.63, 3.8) is 0 Å². The van der Waals surface area contributed by atoms with Crippen LogP contribution in [0.1, 0.15) is 40.8 Å². The van der Waals surface area contributed by atoms with Gasteiger partial charge in [0.1, 0.15) is 11.4 Å². The van der Waals surface area contributed by atoms with Gasteiger partial charge in [0, 0.05) is 23.5 Å². The van der Waals surface area contributed by atoms with E-state index in [-0.39, 0.29) is 11.8 Å². The van der Waals surface area contributed by atoms with Crippen LogP contribution in [-0.2, 0) is 0 Å². The number of benzene rings is 1. The molecule has 26 heavy (non-hydrogen) atoms. The zero-order chi connectivity index (χ0) is 18.3. The smallest absolute Gasteiger partial charge is 0.257 e. The summed E-state index contributed by atoms with van der Waals surface area (Å²) in [6.45, 7) is 1.77. The molecule has 0 saturated heterocycles. The van der Waals surface area contributed by atoms with Gasteiger partial charge in [-0.3, -0.25) is 14.8 Å². The first-order chi connectivity index (χ1) is 12.6. The zero-order valence-corrected chi connectivity index (χ0v) is 13.8. The van der Waals surface area contributed by atoms with Crippen molar-refractivity contribution in [1.29, 1.82) is 0 Å². The molecule has 0 bridgehead atoms. The fourth-order valence-electron chi connectivity index (χ4n) is 3.13. The number of nitrogens with zero attached hydrogens (tertiary/aromatic N) is 5. The summed E-state index contributed by atoms with van der Waals surface area (Å²) in [5, 5.41) is 20.0. The number of hydrogen-bond acceptors (Lipinski definition) is 7. The summed E-state index contributed by atoms with van der Waals surface area (Å²) < 4.78 is 0. The Balaban J connectivity index is 1.75. The van der Waals surface area contributed by atoms with E-state index in [4.69, 9.17) is 0 Å². The van der Waals surface area contributed by atoms with E-state index >= 15 is 0 Å². The Hall–Kier alpha value is -3.39. The second kappa shape index (κ2) is 6.16. The topological polar surface area (TPSA) is 112 Å². The zero-order valence-electron chi connectivity index (χ0n) is 13.8. The minimum absolute atomic E-state index is 0.201. The van der Waals surface area contributed by atoms with E-state index in [1.54, 1.807) is 31.2 Å². The fraction of sp³-hybridized carbons (Fsp3) is 0.167. The Labute approximate surface area is 148 Å². The fourth-order valence-corrected chi connectivity index (χ4v) is 3.13. The Morgan fingerprint density at radius 3 is 2.58 bits per heavy atom. The van der Waals surface area contributed by atoms with Gasteiger partial charge < -0.3 is 15.1 Å². The van der Waals surface area contributed by atoms with Crippen LogP contribution in [0.25, 0.3) is 11.4 Å². The molecule has 4 rings (SSSR count). The summed E-state index contributed by atoms with van der Waals surface area (Å²) in [5.74, 6) is -0.471. The maximum Gasteiger partial charge on any atom is 0.257 e. The third-order valence-electron chi connectivity index (χ3n) is 4.39. The quantitative estimate of drug-likeness (QED) is 0.742. The van der Waals surface area contributed by atoms with Crippen LogP contribution in [0.15, 0.2) is 49.1 Å². The Morgan fingerprint density at radius 2 is 1.85 bits per heavy atom. The highest BCUT2D eigenvalue weighted by atomic mass is 16.3. The van der Waals surface area contributed by atoms with Crippen LogP contribution in [0.5, 0.6) is 5.88 Å². The SMILES string of the molecule is CC(c1nccnc1-c1cnc(O)cn1)N1C(=O)c2ccccc2C1O. The molecule has 0 saturated carbocycles. The van der Waals surface area contributed by atoms with Gasteiger partial charge in [0.25, 0.3) is 5.91 Å². The lowest BCUT2D eigenvalue weighted by molar-refractivity contribution is -0.00104. The predicted octanol–water partition coefficient (Wildman–Crippen LogP) is 1.85. The van der Waals surface area contributed by atoms with Gasteiger partial charge in [-0.15, -0.1) is 0 Å². The van der Waals surface area contributed by atoms with Crippen molar-refractivity contribution in [3.8, 4) is 17.3 Å². The van der Waals surface area contributed by atoms with Crippen molar-refractivity contribution in [2.24, 2.45) is 0 Å². The number of aromatic hydroxyl groups is 1. The molecule has 1 aliphatic rings. The van der Waals surface area contributed by atoms with Crippen molar-refractivity contribution in [1.82, 2.24) is 24.8 Å². The molecule has 0 aliphatic carbocycles. The molecule has 1 aromatic carbocycles. The molecular weight excluding hydrogens is 334 g/mol. The van der Waals surface area contributed by atoms with E-state index in [9.17, 15) is 15.0 Å². The number of aromatic nitrogens is 4. The second-order valence-electron chi connectivity index (χ2n) is 5.90. The van der Waals surface area contributed by atoms with Crippen molar-refractivity contribution in [3.05, 3.63) is 65.9 Å². The van der Waals surface area contributed by atoms with Crippen LogP contribution in [-0.4, -0.2) is 41.0 Å². The normalized spacial score (nSPS) is 17.2. The molecule has 2 aromatic heterocycles. The van der Waals surface area contributed by atoms with Crippen molar-refractivity contribution < 1.29 is 15.0 Å². The molecule has 2 unspecified atom stereocenters. The molecule has 0 fully saturated rings. The number of rotatable bonds is 3. The van der Waals surface area contributed by atoms with Crippen molar-refractivity contribution in [2.75, 3.05) is 0 Å². The highest BCUT2D eigenvalue weighted by Gasteiger charge is 2.39. The Morgan fingerprint density at radius 1 is 1.08 bits per heavy atom. The molecule has 1 amide bonds. The van der Waals surface area contributed by atoms with Crippen molar-refractivity contribution in [2.45, 2.75) is 19.2 Å². The lowest BCUT2D eigenvalue weighted by Crippen LogP contribution is -2.32. The maximum atomic E-state index is 12.8. The van der Waals surface area contributed by atoms with E-state index in [0.717, 1.165) is 0 Å². The second-order valence-corrected chi connectivity index (χ2v) is 5.90. The average Bonchev–Trinajstić information content (AvgIpc) is 2.93. The number of aliphatic hydroxyl groups excluding tert-OH is 1. The summed E-state index contributed by atoms with van der Waals surface area (Å²) in [7, 11) is 0. The molecule has 0 radical (unpaired) electrons. The van der Waals surface area contributed by atoms with Gasteiger partial charge in [-0.05, 0) is 13.0 Å². The summed E-state index contributed by atoms with van der Waals surface area (Å²) in [5.41, 5.74) is 2.37. The van der Waals surface area contributed by atoms with Gasteiger partial charge >= 0.3 is 0 Å². The molecule has 8 heteroatoms. The van der Waals surface area contributed by atoms with E-state index in [0.29, 0.717) is 28.2 Å². The van der Waals surface area contributed by atoms with Crippen LogP contribution in [0.2, 0.25) is 0 Å². The molecule has 130 valence electrons. The highest BCUT2D eigenvalue weighted by Crippen LogP contribution is 2.39. The van der Waals surface area contributed by atoms with Crippen molar-refractivity contribution >= 4 is 5.91 Å². The monoisotopic (exact) mass is 349 g/mol. The number of aliphatic hydroxyl groups is 1. The Kier molecular flexibility index (Phi) is 3.81. The molecule has 1 aliphatic heterocycles. The third-order valence-corrected chi connectivity index (χ3v) is 4.39. The number of carbonyl (C=O) groups is 1. The molecular formula is C18H15N5O3. The van der Waals surface area contributed by atoms with Crippen LogP contribution in [0.4, 0.5) is 0 Å². The average molecular weight is 349 g/mol. The first-order valence-corrected chi connectivity index (χ1v) is 8.00. The van der Waals surface area contributed by atoms with Gasteiger partial charge in [0.2, 0.25) is 5.88 Å². The number of amides is 1. The summed E-state index contributed by atoms with van der Waals surface area (Å²) in [6, 6.07) is 6.41. The van der Waals surface area contributed by atoms with Gasteiger partial charge in [-0.1, -0.05) is 18.2 Å². The molecule has 3 heterocycles. The molecule has 3 aromatic rings. The van der Waals surface area contributed by atoms with Gasteiger partial charge in [-0.2, -0.15) is 0 Å². The molecule has 2 atom stereocenters. The number of fused-ring (bicyclic) bond motifs is 1. The van der Waals surface area contributed by atoms with E-state index in [1.165, 1.54) is 29.7 Å². The predicted molar refractivity (Wildman–Crippen MR) is 90.7 cm³/mol. The molecule has 2 N–H and O–H groups in total. The standard InChI is InChI=1S/C18H15N5O3/c1-10(23-17(25)11-4-2-3-5-12(11)18(23)26)15-16(20-7-6-19-15)13-8-22-14(24)9-21-13/h2-10,17,25H,1H3,(H,22,24). The number of hydrogen-bond donors (Lipinski definition) is 2. The molecule has 8 nitrogen and oxygen atoms in total. The van der Waals surface area contributed by atoms with Gasteiger partial charge in [-0.25, -0.2) is 9.97 Å². The largest absolute Gasteiger partial charge is 0.492 e. The summed E-state index contributed by atoms with van der Waals surface area (Å²) in [6.07, 6.45) is 4.56. The van der Waals surface area contributed by atoms with Gasteiger partial charge in [0.05, 0.1) is 24.1 Å². The lowest BCUT2D eigenvalue weighted by Gasteiger charge is -2.28. The molecule has 0 spiro atoms. The lowest BCUT2D eigenvalue weighted by atomic mass is 10.1. The van der Waals surface area contributed by atoms with Crippen LogP contribution in [0.3, 0.4) is 0 Å². The van der Waals surface area contributed by atoms with Crippen LogP contribution >= 0.6 is 0 Å². The summed E-state index contributed by atoms with van der Waals surface area (Å²) >= 11 is 0. The van der Waals surface area contributed by atoms with Crippen LogP contribution in [0, 0.1) is 0 Å². The maximum absolute atomic E-state index is 12.8. The highest BCUT2D eigenvalue weighted by molar-refractivity contribution is 5.99. The minimum Gasteiger partial charge on any atom is -0.492 e. The van der Waals surface area contributed by atoms with E-state index < -0.39 is 12.3 Å². The van der Waals surface area contributed by atoms with Gasteiger partial charge in [0.15, 0.2) is 6.23 Å². The Bertz CT molecular complexity index is 977. The first-order valence-electron chi connectivity index (χ1n) is 8.00. The third kappa shape index (κ3) is 2.47. The van der Waals surface area contributed by atoms with E-state index in [2.05, 4.69) is 19.9 Å². The van der Waals surface area contributed by atoms with Crippen LogP contribution < -0.4 is 0 Å². The first kappa shape index (κ1) is 16.1. The number of carbonyl (C=O) groups excluding carboxylic acids is 1.